The van der Waals surface area contributed by atoms with Gasteiger partial charge in [0.15, 0.2) is 0 Å². The van der Waals surface area contributed by atoms with E-state index in [1.165, 1.54) is 0 Å². The van der Waals surface area contributed by atoms with Crippen LogP contribution in [-0.2, 0) is 14.3 Å². The number of aliphatic hydroxyl groups excluding tert-OH is 1. The summed E-state index contributed by atoms with van der Waals surface area (Å²) in [6.45, 7) is 0. The molecule has 7 nitrogen and oxygen atoms in total. The maximum atomic E-state index is 10.8. The van der Waals surface area contributed by atoms with E-state index in [0.717, 1.165) is 6.26 Å². The zero-order valence-electron chi connectivity index (χ0n) is 5.64. The number of carbonyl (C=O) groups is 2. The number of imide groups is 1. The number of nitriles is 1. The van der Waals surface area contributed by atoms with E-state index in [4.69, 9.17) is 16.2 Å². The van der Waals surface area contributed by atoms with Gasteiger partial charge < -0.3 is 9.84 Å². The molecule has 0 aromatic rings. The van der Waals surface area contributed by atoms with Crippen molar-refractivity contribution < 1.29 is 19.4 Å². The molecule has 1 rings (SSSR count). The van der Waals surface area contributed by atoms with E-state index in [2.05, 4.69) is 4.74 Å². The quantitative estimate of drug-likeness (QED) is 0.213. The fourth-order valence-electron chi connectivity index (χ4n) is 0.652. The molecule has 1 aliphatic heterocycles. The van der Waals surface area contributed by atoms with E-state index < -0.39 is 23.3 Å². The van der Waals surface area contributed by atoms with Crippen LogP contribution in [0.3, 0.4) is 0 Å². The third-order valence-electron chi connectivity index (χ3n) is 1.20. The molecule has 1 heterocycles. The Morgan fingerprint density at radius 3 is 2.42 bits per heavy atom. The normalized spacial score (nSPS) is 16.8. The van der Waals surface area contributed by atoms with Crippen molar-refractivity contribution in [3.63, 3.8) is 0 Å². The Morgan fingerprint density at radius 1 is 1.50 bits per heavy atom. The van der Waals surface area contributed by atoms with Gasteiger partial charge in [0.1, 0.15) is 0 Å². The van der Waals surface area contributed by atoms with Gasteiger partial charge in [-0.15, -0.1) is 5.26 Å². The first-order valence-corrected chi connectivity index (χ1v) is 2.72. The van der Waals surface area contributed by atoms with Crippen LogP contribution in [0.1, 0.15) is 0 Å². The summed E-state index contributed by atoms with van der Waals surface area (Å²) in [4.78, 5) is 21.5. The number of amides is 2. The number of nitrogens with two attached hydrogens (primary N) is 1. The summed E-state index contributed by atoms with van der Waals surface area (Å²) in [5, 5.41) is 17.0. The van der Waals surface area contributed by atoms with Crippen molar-refractivity contribution >= 4 is 11.8 Å². The van der Waals surface area contributed by atoms with E-state index in [9.17, 15) is 9.59 Å². The van der Waals surface area contributed by atoms with Gasteiger partial charge in [-0.05, 0) is 0 Å². The standard InChI is InChI=1S/C5H3N3O4/c6-1-12-3-2(9)4(10)8(7)5(3)11/h9H,7H2. The van der Waals surface area contributed by atoms with Crippen LogP contribution >= 0.6 is 0 Å². The van der Waals surface area contributed by atoms with Gasteiger partial charge >= 0.3 is 11.8 Å². The van der Waals surface area contributed by atoms with Crippen molar-refractivity contribution in [1.82, 2.24) is 5.01 Å². The van der Waals surface area contributed by atoms with E-state index in [1.54, 1.807) is 0 Å². The fraction of sp³-hybridized carbons (Fsp3) is 0. The lowest BCUT2D eigenvalue weighted by atomic mass is 10.4. The number of rotatable bonds is 1. The molecule has 7 heteroatoms. The fourth-order valence-corrected chi connectivity index (χ4v) is 0.652. The molecule has 0 aromatic heterocycles. The predicted molar refractivity (Wildman–Crippen MR) is 32.4 cm³/mol. The number of hydrogen-bond acceptors (Lipinski definition) is 6. The lowest BCUT2D eigenvalue weighted by molar-refractivity contribution is -0.139. The summed E-state index contributed by atoms with van der Waals surface area (Å²) in [5.41, 5.74) is 0. The molecular formula is C5H3N3O4. The number of hydrogen-bond donors (Lipinski definition) is 2. The molecule has 2 amide bonds. The van der Waals surface area contributed by atoms with Gasteiger partial charge in [-0.1, -0.05) is 0 Å². The number of nitrogens with zero attached hydrogens (tertiary/aromatic N) is 2. The monoisotopic (exact) mass is 169 g/mol. The van der Waals surface area contributed by atoms with Crippen LogP contribution in [0, 0.1) is 11.5 Å². The van der Waals surface area contributed by atoms with Gasteiger partial charge in [0.05, 0.1) is 0 Å². The summed E-state index contributed by atoms with van der Waals surface area (Å²) in [6.07, 6.45) is 1.14. The van der Waals surface area contributed by atoms with Crippen LogP contribution in [0.25, 0.3) is 0 Å². The lowest BCUT2D eigenvalue weighted by Crippen LogP contribution is -2.38. The minimum absolute atomic E-state index is 0.155. The Balaban J connectivity index is 3.06. The van der Waals surface area contributed by atoms with Gasteiger partial charge in [-0.3, -0.25) is 9.59 Å². The van der Waals surface area contributed by atoms with Crippen molar-refractivity contribution in [2.75, 3.05) is 0 Å². The minimum atomic E-state index is -1.09. The van der Waals surface area contributed by atoms with Crippen molar-refractivity contribution in [2.45, 2.75) is 0 Å². The van der Waals surface area contributed by atoms with Gasteiger partial charge in [-0.2, -0.15) is 0 Å². The summed E-state index contributed by atoms with van der Waals surface area (Å²) < 4.78 is 4.01. The summed E-state index contributed by atoms with van der Waals surface area (Å²) in [6, 6.07) is 0. The van der Waals surface area contributed by atoms with Gasteiger partial charge in [0.25, 0.3) is 12.0 Å². The van der Waals surface area contributed by atoms with Crippen molar-refractivity contribution in [1.29, 1.82) is 5.26 Å². The second-order valence-corrected chi connectivity index (χ2v) is 1.85. The van der Waals surface area contributed by atoms with Crippen LogP contribution < -0.4 is 5.84 Å². The van der Waals surface area contributed by atoms with E-state index in [0.29, 0.717) is 0 Å². The summed E-state index contributed by atoms with van der Waals surface area (Å²) >= 11 is 0. The average molecular weight is 169 g/mol. The van der Waals surface area contributed by atoms with E-state index in [-0.39, 0.29) is 5.01 Å². The van der Waals surface area contributed by atoms with Gasteiger partial charge in [0.2, 0.25) is 5.76 Å². The second kappa shape index (κ2) is 2.52. The molecule has 0 aliphatic carbocycles. The topological polar surface area (TPSA) is 117 Å². The molecular weight excluding hydrogens is 166 g/mol. The summed E-state index contributed by atoms with van der Waals surface area (Å²) in [5.74, 6) is 1.04. The maximum absolute atomic E-state index is 10.8. The second-order valence-electron chi connectivity index (χ2n) is 1.85. The maximum Gasteiger partial charge on any atom is 0.316 e. The highest BCUT2D eigenvalue weighted by molar-refractivity contribution is 6.16. The van der Waals surface area contributed by atoms with Crippen molar-refractivity contribution in [3.8, 4) is 6.26 Å². The zero-order chi connectivity index (χ0) is 9.30. The number of hydrazine groups is 1. The van der Waals surface area contributed by atoms with E-state index >= 15 is 0 Å². The molecule has 12 heavy (non-hydrogen) atoms. The van der Waals surface area contributed by atoms with Crippen LogP contribution in [0.4, 0.5) is 0 Å². The largest absolute Gasteiger partial charge is 0.500 e. The van der Waals surface area contributed by atoms with Crippen LogP contribution in [0.5, 0.6) is 0 Å². The van der Waals surface area contributed by atoms with Crippen LogP contribution in [0.2, 0.25) is 0 Å². The smallest absolute Gasteiger partial charge is 0.316 e. The first-order valence-electron chi connectivity index (χ1n) is 2.72. The Bertz CT molecular complexity index is 326. The first-order chi connectivity index (χ1) is 5.59. The molecule has 0 unspecified atom stereocenters. The molecule has 0 bridgehead atoms. The number of aliphatic hydroxyl groups is 1. The highest BCUT2D eigenvalue weighted by Crippen LogP contribution is 2.15. The molecule has 3 N–H and O–H groups in total. The van der Waals surface area contributed by atoms with Crippen molar-refractivity contribution in [2.24, 2.45) is 5.84 Å². The Labute approximate surface area is 66.2 Å². The molecule has 0 saturated heterocycles. The van der Waals surface area contributed by atoms with Crippen LogP contribution in [-0.4, -0.2) is 21.9 Å². The number of ether oxygens (including phenoxy) is 1. The SMILES string of the molecule is N#COC1=C(O)C(=O)N(N)C1=O. The third kappa shape index (κ3) is 0.869. The van der Waals surface area contributed by atoms with Gasteiger partial charge in [-0.25, -0.2) is 10.9 Å². The predicted octanol–water partition coefficient (Wildman–Crippen LogP) is -1.50. The van der Waals surface area contributed by atoms with E-state index in [1.807, 2.05) is 0 Å². The highest BCUT2D eigenvalue weighted by atomic mass is 16.5. The molecule has 1 aliphatic rings. The first kappa shape index (κ1) is 8.03. The third-order valence-corrected chi connectivity index (χ3v) is 1.20. The molecule has 62 valence electrons. The molecule has 0 fully saturated rings. The van der Waals surface area contributed by atoms with Gasteiger partial charge in [0, 0.05) is 0 Å². The van der Waals surface area contributed by atoms with Crippen LogP contribution in [0.15, 0.2) is 11.5 Å². The zero-order valence-corrected chi connectivity index (χ0v) is 5.64. The Hall–Kier alpha value is -2.07. The highest BCUT2D eigenvalue weighted by Gasteiger charge is 2.39. The molecule has 0 radical (unpaired) electrons. The Kier molecular flexibility index (Phi) is 1.69. The molecule has 0 aromatic carbocycles. The molecule has 0 spiro atoms. The lowest BCUT2D eigenvalue weighted by Gasteiger charge is -2.02. The average Bonchev–Trinajstić information content (AvgIpc) is 2.23. The summed E-state index contributed by atoms with van der Waals surface area (Å²) in [7, 11) is 0. The molecule has 0 saturated carbocycles. The number of carbonyl (C=O) groups excluding carboxylic acids is 2. The van der Waals surface area contributed by atoms with Crippen molar-refractivity contribution in [3.05, 3.63) is 11.5 Å². The Morgan fingerprint density at radius 2 is 2.08 bits per heavy atom. The minimum Gasteiger partial charge on any atom is -0.500 e. The molecule has 0 atom stereocenters.